The molecule has 0 spiro atoms. The van der Waals surface area contributed by atoms with Gasteiger partial charge in [-0.25, -0.2) is 19.2 Å². The van der Waals surface area contributed by atoms with E-state index in [-0.39, 0.29) is 17.0 Å². The number of aromatic nitrogens is 4. The van der Waals surface area contributed by atoms with Crippen LogP contribution in [-0.4, -0.2) is 25.9 Å². The average Bonchev–Trinajstić information content (AvgIpc) is 3.14. The molecule has 0 fully saturated rings. The van der Waals surface area contributed by atoms with Gasteiger partial charge in [0, 0.05) is 24.5 Å². The zero-order valence-corrected chi connectivity index (χ0v) is 21.4. The fourth-order valence-corrected chi connectivity index (χ4v) is 4.87. The number of nitrogens with one attached hydrogen (secondary N) is 2. The Kier molecular flexibility index (Phi) is 5.89. The van der Waals surface area contributed by atoms with E-state index in [0.717, 1.165) is 30.8 Å². The van der Waals surface area contributed by atoms with Gasteiger partial charge in [-0.15, -0.1) is 0 Å². The van der Waals surface area contributed by atoms with Gasteiger partial charge in [0.2, 0.25) is 11.6 Å². The Hall–Kier alpha value is -3.96. The molecule has 0 bridgehead atoms. The van der Waals surface area contributed by atoms with Gasteiger partial charge in [-0.2, -0.15) is 4.98 Å². The topological polar surface area (TPSA) is 81.1 Å². The average molecular weight is 482 g/mol. The molecule has 2 aromatic carbocycles. The molecule has 2 aromatic heterocycles. The first-order chi connectivity index (χ1) is 17.2. The molecule has 0 unspecified atom stereocenters. The summed E-state index contributed by atoms with van der Waals surface area (Å²) in [4.78, 5) is 26.6. The summed E-state index contributed by atoms with van der Waals surface area (Å²) in [6, 6.07) is 11.9. The highest BCUT2D eigenvalue weighted by Crippen LogP contribution is 2.37. The fraction of sp³-hybridized carbons (Fsp3) is 0.357. The smallest absolute Gasteiger partial charge is 0.278 e. The Morgan fingerprint density at radius 1 is 1.17 bits per heavy atom. The van der Waals surface area contributed by atoms with Gasteiger partial charge in [-0.05, 0) is 67.1 Å². The van der Waals surface area contributed by atoms with Crippen molar-refractivity contribution in [1.29, 1.82) is 0 Å². The first-order valence-electron chi connectivity index (χ1n) is 12.3. The van der Waals surface area contributed by atoms with Crippen LogP contribution < -0.4 is 16.2 Å². The van der Waals surface area contributed by atoms with E-state index < -0.39 is 0 Å². The van der Waals surface area contributed by atoms with Crippen LogP contribution in [0.4, 0.5) is 17.3 Å². The van der Waals surface area contributed by atoms with Crippen molar-refractivity contribution in [3.8, 4) is 5.69 Å². The number of para-hydroxylation sites is 1. The van der Waals surface area contributed by atoms with E-state index in [9.17, 15) is 4.79 Å². The van der Waals surface area contributed by atoms with Crippen molar-refractivity contribution in [3.05, 3.63) is 81.1 Å². The largest absolute Gasteiger partial charge is 0.324 e. The van der Waals surface area contributed by atoms with Crippen molar-refractivity contribution in [2.45, 2.75) is 59.0 Å². The van der Waals surface area contributed by atoms with Gasteiger partial charge >= 0.3 is 0 Å². The summed E-state index contributed by atoms with van der Waals surface area (Å²) in [5, 5.41) is 7.13. The lowest BCUT2D eigenvalue weighted by molar-refractivity contribution is 0.476. The summed E-state index contributed by atoms with van der Waals surface area (Å²) in [6.07, 6.45) is 2.56. The van der Waals surface area contributed by atoms with Gasteiger partial charge in [0.05, 0.1) is 12.3 Å². The van der Waals surface area contributed by atoms with Crippen molar-refractivity contribution in [1.82, 2.24) is 24.6 Å². The van der Waals surface area contributed by atoms with Crippen molar-refractivity contribution in [2.24, 2.45) is 0 Å². The standard InChI is InChI=1S/C28H31N7O/c1-17(2)34-26(36)21-16-31-27(32-20-11-10-19-15-30-13-12-18(19)14-20)33-25(21)35(34)23-9-7-8-22(24(23)29-6)28(3,4)5/h7-11,14,16-17,30H,12-13,15H2,1-5H3,(H,31,32,33). The van der Waals surface area contributed by atoms with Crippen LogP contribution in [0.25, 0.3) is 21.6 Å². The lowest BCUT2D eigenvalue weighted by Crippen LogP contribution is -2.24. The van der Waals surface area contributed by atoms with Crippen molar-refractivity contribution in [2.75, 3.05) is 11.9 Å². The first-order valence-corrected chi connectivity index (χ1v) is 12.3. The highest BCUT2D eigenvalue weighted by molar-refractivity contribution is 5.80. The van der Waals surface area contributed by atoms with Gasteiger partial charge in [-0.3, -0.25) is 4.79 Å². The molecule has 0 saturated carbocycles. The second-order valence-corrected chi connectivity index (χ2v) is 10.6. The number of anilines is 2. The number of fused-ring (bicyclic) bond motifs is 2. The summed E-state index contributed by atoms with van der Waals surface area (Å²) in [5.41, 5.74) is 5.68. The zero-order valence-electron chi connectivity index (χ0n) is 21.4. The molecule has 5 rings (SSSR count). The third-order valence-electron chi connectivity index (χ3n) is 6.62. The van der Waals surface area contributed by atoms with Crippen LogP contribution in [0, 0.1) is 6.57 Å². The predicted molar refractivity (Wildman–Crippen MR) is 144 cm³/mol. The molecular weight excluding hydrogens is 450 g/mol. The number of hydrogen-bond acceptors (Lipinski definition) is 5. The Morgan fingerprint density at radius 3 is 2.69 bits per heavy atom. The molecule has 1 aliphatic rings. The van der Waals surface area contributed by atoms with Crippen molar-refractivity contribution >= 4 is 28.4 Å². The van der Waals surface area contributed by atoms with Gasteiger partial charge in [0.25, 0.3) is 5.56 Å². The molecule has 4 aromatic rings. The van der Waals surface area contributed by atoms with Gasteiger partial charge in [0.1, 0.15) is 5.39 Å². The molecule has 0 saturated heterocycles. The second kappa shape index (κ2) is 8.92. The summed E-state index contributed by atoms with van der Waals surface area (Å²) in [5.74, 6) is 0.405. The van der Waals surface area contributed by atoms with Crippen LogP contribution in [-0.2, 0) is 18.4 Å². The molecule has 2 N–H and O–H groups in total. The Balaban J connectivity index is 1.69. The van der Waals surface area contributed by atoms with Crippen molar-refractivity contribution < 1.29 is 0 Å². The minimum Gasteiger partial charge on any atom is -0.324 e. The highest BCUT2D eigenvalue weighted by Gasteiger charge is 2.25. The summed E-state index contributed by atoms with van der Waals surface area (Å²) in [7, 11) is 0. The van der Waals surface area contributed by atoms with E-state index in [1.165, 1.54) is 11.1 Å². The molecule has 0 radical (unpaired) electrons. The molecule has 36 heavy (non-hydrogen) atoms. The Bertz CT molecular complexity index is 1560. The summed E-state index contributed by atoms with van der Waals surface area (Å²) < 4.78 is 3.45. The molecule has 0 amide bonds. The molecule has 0 atom stereocenters. The maximum atomic E-state index is 13.4. The molecule has 8 nitrogen and oxygen atoms in total. The van der Waals surface area contributed by atoms with E-state index in [4.69, 9.17) is 11.6 Å². The quantitative estimate of drug-likeness (QED) is 0.382. The number of nitrogens with zero attached hydrogens (tertiary/aromatic N) is 5. The Labute approximate surface area is 210 Å². The highest BCUT2D eigenvalue weighted by atomic mass is 16.1. The summed E-state index contributed by atoms with van der Waals surface area (Å²) >= 11 is 0. The second-order valence-electron chi connectivity index (χ2n) is 10.6. The van der Waals surface area contributed by atoms with Crippen molar-refractivity contribution in [3.63, 3.8) is 0 Å². The van der Waals surface area contributed by atoms with E-state index in [1.54, 1.807) is 15.6 Å². The summed E-state index contributed by atoms with van der Waals surface area (Å²) in [6.45, 7) is 20.0. The molecule has 184 valence electrons. The minimum absolute atomic E-state index is 0.144. The number of benzene rings is 2. The van der Waals surface area contributed by atoms with E-state index in [0.29, 0.717) is 28.4 Å². The maximum Gasteiger partial charge on any atom is 0.278 e. The Morgan fingerprint density at radius 2 is 1.97 bits per heavy atom. The number of hydrogen-bond donors (Lipinski definition) is 2. The van der Waals surface area contributed by atoms with Crippen LogP contribution in [0.5, 0.6) is 0 Å². The van der Waals surface area contributed by atoms with Gasteiger partial charge in [0.15, 0.2) is 5.65 Å². The van der Waals surface area contributed by atoms with E-state index in [1.807, 2.05) is 38.1 Å². The third-order valence-corrected chi connectivity index (χ3v) is 6.62. The van der Waals surface area contributed by atoms with Crippen LogP contribution in [0.15, 0.2) is 47.4 Å². The molecule has 3 heterocycles. The number of rotatable bonds is 4. The molecule has 8 heteroatoms. The van der Waals surface area contributed by atoms with Crippen LogP contribution in [0.1, 0.15) is 57.4 Å². The lowest BCUT2D eigenvalue weighted by atomic mass is 9.85. The van der Waals surface area contributed by atoms with Crippen LogP contribution in [0.3, 0.4) is 0 Å². The predicted octanol–water partition coefficient (Wildman–Crippen LogP) is 5.40. The van der Waals surface area contributed by atoms with E-state index >= 15 is 0 Å². The third kappa shape index (κ3) is 4.06. The molecule has 1 aliphatic heterocycles. The lowest BCUT2D eigenvalue weighted by Gasteiger charge is -2.24. The zero-order chi connectivity index (χ0) is 25.6. The fourth-order valence-electron chi connectivity index (χ4n) is 4.87. The van der Waals surface area contributed by atoms with Gasteiger partial charge in [-0.1, -0.05) is 39.0 Å². The normalized spacial score (nSPS) is 13.6. The minimum atomic E-state index is -0.231. The monoisotopic (exact) mass is 481 g/mol. The first kappa shape index (κ1) is 23.8. The maximum absolute atomic E-state index is 13.4. The van der Waals surface area contributed by atoms with Crippen LogP contribution >= 0.6 is 0 Å². The van der Waals surface area contributed by atoms with Crippen LogP contribution in [0.2, 0.25) is 0 Å². The van der Waals surface area contributed by atoms with Gasteiger partial charge < -0.3 is 10.6 Å². The van der Waals surface area contributed by atoms with E-state index in [2.05, 4.69) is 53.4 Å². The SMILES string of the molecule is [C-]#[N+]c1c(-n2c3nc(Nc4ccc5c(c4)CCNC5)ncc3c(=O)n2C(C)C)cccc1C(C)(C)C. The molecule has 0 aliphatic carbocycles. The molecular formula is C28H31N7O.